The summed E-state index contributed by atoms with van der Waals surface area (Å²) in [5.41, 5.74) is 1.30. The molecule has 0 aliphatic heterocycles. The molecule has 0 radical (unpaired) electrons. The van der Waals surface area contributed by atoms with Crippen molar-refractivity contribution < 1.29 is 0 Å². The van der Waals surface area contributed by atoms with Crippen molar-refractivity contribution in [3.05, 3.63) is 34.3 Å². The highest BCUT2D eigenvalue weighted by Gasteiger charge is 2.17. The molecule has 1 unspecified atom stereocenters. The lowest BCUT2D eigenvalue weighted by molar-refractivity contribution is 0.439. The van der Waals surface area contributed by atoms with Crippen molar-refractivity contribution in [3.63, 3.8) is 0 Å². The molecule has 4 nitrogen and oxygen atoms in total. The van der Waals surface area contributed by atoms with E-state index in [2.05, 4.69) is 47.9 Å². The number of nitrogens with one attached hydrogen (secondary N) is 1. The maximum absolute atomic E-state index is 4.71. The van der Waals surface area contributed by atoms with Crippen molar-refractivity contribution in [1.29, 1.82) is 0 Å². The molecule has 1 atom stereocenters. The first-order chi connectivity index (χ1) is 9.86. The van der Waals surface area contributed by atoms with Gasteiger partial charge in [-0.05, 0) is 19.4 Å². The zero-order valence-corrected chi connectivity index (χ0v) is 14.5. The van der Waals surface area contributed by atoms with Crippen molar-refractivity contribution in [2.45, 2.75) is 53.1 Å². The molecule has 5 heteroatoms. The van der Waals surface area contributed by atoms with Crippen molar-refractivity contribution in [1.82, 2.24) is 19.9 Å². The molecule has 2 heterocycles. The number of thiazole rings is 1. The number of imidazole rings is 1. The lowest BCUT2D eigenvalue weighted by Crippen LogP contribution is -2.24. The average molecular weight is 306 g/mol. The Labute approximate surface area is 131 Å². The van der Waals surface area contributed by atoms with Crippen LogP contribution in [-0.4, -0.2) is 21.1 Å². The summed E-state index contributed by atoms with van der Waals surface area (Å²) >= 11 is 1.76. The minimum Gasteiger partial charge on any atom is -0.335 e. The van der Waals surface area contributed by atoms with Crippen molar-refractivity contribution >= 4 is 11.3 Å². The van der Waals surface area contributed by atoms with Gasteiger partial charge in [0.05, 0.1) is 10.7 Å². The van der Waals surface area contributed by atoms with Gasteiger partial charge in [0.25, 0.3) is 0 Å². The van der Waals surface area contributed by atoms with E-state index in [1.54, 1.807) is 11.3 Å². The summed E-state index contributed by atoms with van der Waals surface area (Å²) < 4.78 is 2.20. The molecular formula is C16H26N4S. The Morgan fingerprint density at radius 3 is 2.71 bits per heavy atom. The second kappa shape index (κ2) is 6.71. The molecule has 21 heavy (non-hydrogen) atoms. The maximum Gasteiger partial charge on any atom is 0.105 e. The van der Waals surface area contributed by atoms with E-state index < -0.39 is 0 Å². The van der Waals surface area contributed by atoms with Crippen LogP contribution in [0.3, 0.4) is 0 Å². The third-order valence-electron chi connectivity index (χ3n) is 3.42. The Bertz CT molecular complexity index is 565. The van der Waals surface area contributed by atoms with E-state index in [-0.39, 0.29) is 5.41 Å². The second-order valence-electron chi connectivity index (χ2n) is 6.76. The van der Waals surface area contributed by atoms with Crippen LogP contribution in [0.2, 0.25) is 0 Å². The van der Waals surface area contributed by atoms with Gasteiger partial charge in [0.2, 0.25) is 0 Å². The van der Waals surface area contributed by atoms with Crippen LogP contribution in [-0.2, 0) is 18.5 Å². The second-order valence-corrected chi connectivity index (χ2v) is 7.61. The maximum atomic E-state index is 4.71. The molecule has 0 aliphatic rings. The van der Waals surface area contributed by atoms with Crippen LogP contribution in [0, 0.1) is 12.8 Å². The van der Waals surface area contributed by atoms with E-state index in [1.165, 1.54) is 5.01 Å². The monoisotopic (exact) mass is 306 g/mol. The minimum atomic E-state index is 0.148. The van der Waals surface area contributed by atoms with Crippen molar-refractivity contribution in [3.8, 4) is 0 Å². The third-order valence-corrected chi connectivity index (χ3v) is 4.74. The fourth-order valence-electron chi connectivity index (χ4n) is 2.18. The van der Waals surface area contributed by atoms with E-state index in [0.29, 0.717) is 5.92 Å². The van der Waals surface area contributed by atoms with Gasteiger partial charge in [0.1, 0.15) is 5.82 Å². The Kier molecular flexibility index (Phi) is 5.17. The van der Waals surface area contributed by atoms with Gasteiger partial charge in [-0.25, -0.2) is 9.97 Å². The highest BCUT2D eigenvalue weighted by molar-refractivity contribution is 7.09. The van der Waals surface area contributed by atoms with E-state index in [1.807, 2.05) is 19.3 Å². The van der Waals surface area contributed by atoms with Gasteiger partial charge < -0.3 is 9.88 Å². The summed E-state index contributed by atoms with van der Waals surface area (Å²) in [6.07, 6.45) is 3.90. The molecule has 0 aliphatic carbocycles. The van der Waals surface area contributed by atoms with Crippen LogP contribution in [0.15, 0.2) is 17.8 Å². The predicted octanol–water partition coefficient (Wildman–Crippen LogP) is 3.37. The normalized spacial score (nSPS) is 13.6. The first-order valence-electron chi connectivity index (χ1n) is 7.49. The first-order valence-corrected chi connectivity index (χ1v) is 8.37. The fraction of sp³-hybridized carbons (Fsp3) is 0.625. The molecule has 0 fully saturated rings. The van der Waals surface area contributed by atoms with E-state index in [0.717, 1.165) is 31.2 Å². The molecule has 0 spiro atoms. The van der Waals surface area contributed by atoms with Crippen LogP contribution >= 0.6 is 11.3 Å². The standard InChI is InChI=1S/C16H26N4S/c1-12(10-20-7-6-18-13(20)2)8-17-9-14-11-21-15(19-14)16(3,4)5/h6-7,11-12,17H,8-10H2,1-5H3. The Morgan fingerprint density at radius 2 is 2.14 bits per heavy atom. The number of nitrogens with zero attached hydrogens (tertiary/aromatic N) is 3. The van der Waals surface area contributed by atoms with Crippen molar-refractivity contribution in [2.75, 3.05) is 6.54 Å². The van der Waals surface area contributed by atoms with Crippen LogP contribution in [0.25, 0.3) is 0 Å². The molecule has 0 amide bonds. The molecule has 116 valence electrons. The molecule has 0 bridgehead atoms. The number of hydrogen-bond acceptors (Lipinski definition) is 4. The number of hydrogen-bond donors (Lipinski definition) is 1. The van der Waals surface area contributed by atoms with Gasteiger partial charge in [0, 0.05) is 36.3 Å². The van der Waals surface area contributed by atoms with Crippen molar-refractivity contribution in [2.24, 2.45) is 5.92 Å². The summed E-state index contributed by atoms with van der Waals surface area (Å²) in [7, 11) is 0. The smallest absolute Gasteiger partial charge is 0.105 e. The molecule has 2 aromatic heterocycles. The van der Waals surface area contributed by atoms with Crippen LogP contribution < -0.4 is 5.32 Å². The van der Waals surface area contributed by atoms with E-state index >= 15 is 0 Å². The molecular weight excluding hydrogens is 280 g/mol. The number of rotatable bonds is 6. The summed E-state index contributed by atoms with van der Waals surface area (Å²) in [6, 6.07) is 0. The van der Waals surface area contributed by atoms with Gasteiger partial charge in [-0.2, -0.15) is 0 Å². The van der Waals surface area contributed by atoms with Crippen LogP contribution in [0.1, 0.15) is 44.2 Å². The lowest BCUT2D eigenvalue weighted by atomic mass is 9.98. The van der Waals surface area contributed by atoms with Gasteiger partial charge in [-0.3, -0.25) is 0 Å². The van der Waals surface area contributed by atoms with Gasteiger partial charge in [0.15, 0.2) is 0 Å². The summed E-state index contributed by atoms with van der Waals surface area (Å²) in [6.45, 7) is 13.8. The first kappa shape index (κ1) is 16.2. The topological polar surface area (TPSA) is 42.7 Å². The zero-order chi connectivity index (χ0) is 15.5. The third kappa shape index (κ3) is 4.64. The van der Waals surface area contributed by atoms with Crippen LogP contribution in [0.4, 0.5) is 0 Å². The summed E-state index contributed by atoms with van der Waals surface area (Å²) in [4.78, 5) is 8.97. The Balaban J connectivity index is 1.76. The predicted molar refractivity (Wildman–Crippen MR) is 88.6 cm³/mol. The zero-order valence-electron chi connectivity index (χ0n) is 13.7. The Morgan fingerprint density at radius 1 is 1.38 bits per heavy atom. The van der Waals surface area contributed by atoms with Crippen LogP contribution in [0.5, 0.6) is 0 Å². The number of aryl methyl sites for hydroxylation is 1. The van der Waals surface area contributed by atoms with Gasteiger partial charge in [-0.15, -0.1) is 11.3 Å². The quantitative estimate of drug-likeness (QED) is 0.890. The van der Waals surface area contributed by atoms with Gasteiger partial charge >= 0.3 is 0 Å². The number of aromatic nitrogens is 3. The molecule has 0 saturated carbocycles. The lowest BCUT2D eigenvalue weighted by Gasteiger charge is -2.14. The fourth-order valence-corrected chi connectivity index (χ4v) is 3.08. The highest BCUT2D eigenvalue weighted by atomic mass is 32.1. The molecule has 0 saturated heterocycles. The molecule has 1 N–H and O–H groups in total. The van der Waals surface area contributed by atoms with E-state index in [4.69, 9.17) is 4.98 Å². The molecule has 2 rings (SSSR count). The summed E-state index contributed by atoms with van der Waals surface area (Å²) in [5.74, 6) is 1.65. The highest BCUT2D eigenvalue weighted by Crippen LogP contribution is 2.25. The van der Waals surface area contributed by atoms with Gasteiger partial charge in [-0.1, -0.05) is 27.7 Å². The Hall–Kier alpha value is -1.20. The summed E-state index contributed by atoms with van der Waals surface area (Å²) in [5, 5.41) is 6.88. The largest absolute Gasteiger partial charge is 0.335 e. The van der Waals surface area contributed by atoms with E-state index in [9.17, 15) is 0 Å². The molecule has 0 aromatic carbocycles. The minimum absolute atomic E-state index is 0.148. The molecule has 2 aromatic rings. The average Bonchev–Trinajstić information content (AvgIpc) is 2.99. The SMILES string of the molecule is Cc1nccn1CC(C)CNCc1csc(C(C)(C)C)n1.